The maximum absolute atomic E-state index is 13.7. The molecule has 3 aromatic rings. The number of amides is 1. The Balaban J connectivity index is 1.64. The summed E-state index contributed by atoms with van der Waals surface area (Å²) in [5.41, 5.74) is 1.58. The van der Waals surface area contributed by atoms with Gasteiger partial charge in [0.05, 0.1) is 28.3 Å². The molecule has 13 heteroatoms. The van der Waals surface area contributed by atoms with Crippen LogP contribution in [-0.4, -0.2) is 73.3 Å². The van der Waals surface area contributed by atoms with Crippen LogP contribution >= 0.6 is 23.2 Å². The lowest BCUT2D eigenvalue weighted by Crippen LogP contribution is -2.49. The summed E-state index contributed by atoms with van der Waals surface area (Å²) in [6.07, 6.45) is -0.326. The van der Waals surface area contributed by atoms with Gasteiger partial charge in [-0.25, -0.2) is 8.42 Å². The van der Waals surface area contributed by atoms with Crippen LogP contribution in [0.3, 0.4) is 0 Å². The monoisotopic (exact) mass is 624 g/mol. The molecule has 2 heterocycles. The number of fused-ring (bicyclic) bond motifs is 1. The second-order valence-corrected chi connectivity index (χ2v) is 13.0. The molecule has 0 fully saturated rings. The smallest absolute Gasteiger partial charge is 0.267 e. The molecule has 0 saturated heterocycles. The Bertz CT molecular complexity index is 1510. The van der Waals surface area contributed by atoms with E-state index in [-0.39, 0.29) is 52.1 Å². The molecule has 0 radical (unpaired) electrons. The summed E-state index contributed by atoms with van der Waals surface area (Å²) in [5, 5.41) is 14.6. The molecule has 0 unspecified atom stereocenters. The average molecular weight is 626 g/mol. The molecule has 0 aliphatic carbocycles. The lowest BCUT2D eigenvalue weighted by atomic mass is 9.99. The van der Waals surface area contributed by atoms with Gasteiger partial charge in [-0.05, 0) is 63.7 Å². The number of nitrogens with zero attached hydrogens (tertiary/aromatic N) is 3. The number of carbonyl (C=O) groups excluding carboxylic acids is 1. The minimum absolute atomic E-state index is 0.0544. The number of aryl methyl sites for hydroxylation is 2. The van der Waals surface area contributed by atoms with E-state index in [0.29, 0.717) is 35.4 Å². The van der Waals surface area contributed by atoms with Crippen LogP contribution in [0, 0.1) is 19.8 Å². The van der Waals surface area contributed by atoms with Crippen LogP contribution < -0.4 is 9.46 Å². The third kappa shape index (κ3) is 6.98. The Morgan fingerprint density at radius 1 is 1.20 bits per heavy atom. The van der Waals surface area contributed by atoms with Gasteiger partial charge in [-0.15, -0.1) is 0 Å². The predicted octanol–water partition coefficient (Wildman–Crippen LogP) is 4.75. The van der Waals surface area contributed by atoms with Crippen molar-refractivity contribution in [2.45, 2.75) is 51.3 Å². The van der Waals surface area contributed by atoms with Gasteiger partial charge >= 0.3 is 0 Å². The molecule has 1 amide bonds. The van der Waals surface area contributed by atoms with Gasteiger partial charge in [-0.3, -0.25) is 14.4 Å². The fraction of sp³-hybridized carbons (Fsp3) is 0.429. The number of aromatic nitrogens is 1. The highest BCUT2D eigenvalue weighted by atomic mass is 35.5. The van der Waals surface area contributed by atoms with Crippen molar-refractivity contribution >= 4 is 44.8 Å². The van der Waals surface area contributed by atoms with Crippen molar-refractivity contribution in [3.05, 3.63) is 69.0 Å². The van der Waals surface area contributed by atoms with Crippen LogP contribution in [0.1, 0.15) is 41.2 Å². The first-order chi connectivity index (χ1) is 19.3. The van der Waals surface area contributed by atoms with E-state index in [1.54, 1.807) is 30.0 Å². The lowest BCUT2D eigenvalue weighted by molar-refractivity contribution is 0.0341. The van der Waals surface area contributed by atoms with Gasteiger partial charge < -0.3 is 19.3 Å². The molecule has 3 atom stereocenters. The summed E-state index contributed by atoms with van der Waals surface area (Å²) in [6.45, 7) is 8.04. The average Bonchev–Trinajstić information content (AvgIpc) is 3.26. The third-order valence-corrected chi connectivity index (χ3v) is 9.45. The topological polar surface area (TPSA) is 125 Å². The van der Waals surface area contributed by atoms with E-state index in [1.807, 2.05) is 26.1 Å². The first-order valence-corrected chi connectivity index (χ1v) is 15.3. The number of benzene rings is 2. The normalized spacial score (nSPS) is 18.5. The third-order valence-electron chi connectivity index (χ3n) is 7.08. The minimum atomic E-state index is -4.03. The highest BCUT2D eigenvalue weighted by Gasteiger charge is 2.34. The highest BCUT2D eigenvalue weighted by molar-refractivity contribution is 7.92. The van der Waals surface area contributed by atoms with Crippen LogP contribution in [0.2, 0.25) is 10.0 Å². The molecule has 2 N–H and O–H groups in total. The second kappa shape index (κ2) is 12.6. The fourth-order valence-corrected chi connectivity index (χ4v) is 6.59. The molecule has 0 bridgehead atoms. The molecule has 0 spiro atoms. The van der Waals surface area contributed by atoms with E-state index >= 15 is 0 Å². The number of hydrogen-bond donors (Lipinski definition) is 2. The maximum atomic E-state index is 13.7. The van der Waals surface area contributed by atoms with Crippen molar-refractivity contribution in [3.63, 3.8) is 0 Å². The van der Waals surface area contributed by atoms with E-state index < -0.39 is 16.1 Å². The van der Waals surface area contributed by atoms with Gasteiger partial charge in [-0.2, -0.15) is 0 Å². The van der Waals surface area contributed by atoms with Crippen LogP contribution in [-0.2, 0) is 16.6 Å². The SMILES string of the molecule is Cc1noc(C)c1S(=O)(=O)Nc1ccc2c(c1)C(=O)N([C@@H](C)CO)C[C@@H](C)[C@@H](CN(C)Cc1ccc(Cl)c(Cl)c1)O2. The summed E-state index contributed by atoms with van der Waals surface area (Å²) >= 11 is 12.3. The number of ether oxygens (including phenoxy) is 1. The molecule has 4 rings (SSSR count). The highest BCUT2D eigenvalue weighted by Crippen LogP contribution is 2.32. The van der Waals surface area contributed by atoms with Crippen LogP contribution in [0.15, 0.2) is 45.8 Å². The summed E-state index contributed by atoms with van der Waals surface area (Å²) in [6, 6.07) is 9.62. The lowest BCUT2D eigenvalue weighted by Gasteiger charge is -2.38. The molecule has 1 aliphatic rings. The van der Waals surface area contributed by atoms with Crippen molar-refractivity contribution in [2.75, 3.05) is 31.5 Å². The van der Waals surface area contributed by atoms with Crippen LogP contribution in [0.5, 0.6) is 5.75 Å². The molecular weight excluding hydrogens is 591 g/mol. The second-order valence-electron chi connectivity index (χ2n) is 10.5. The zero-order valence-electron chi connectivity index (χ0n) is 23.5. The predicted molar refractivity (Wildman–Crippen MR) is 157 cm³/mol. The van der Waals surface area contributed by atoms with Crippen molar-refractivity contribution < 1.29 is 27.6 Å². The number of rotatable bonds is 9. The number of halogens is 2. The van der Waals surface area contributed by atoms with Gasteiger partial charge in [0.1, 0.15) is 17.5 Å². The number of anilines is 1. The van der Waals surface area contributed by atoms with Crippen molar-refractivity contribution in [1.82, 2.24) is 15.0 Å². The first-order valence-electron chi connectivity index (χ1n) is 13.1. The molecule has 10 nitrogen and oxygen atoms in total. The number of likely N-dealkylation sites (N-methyl/N-ethyl adjacent to an activating group) is 1. The minimum Gasteiger partial charge on any atom is -0.488 e. The number of nitrogens with one attached hydrogen (secondary N) is 1. The van der Waals surface area contributed by atoms with Gasteiger partial charge in [0.15, 0.2) is 10.7 Å². The summed E-state index contributed by atoms with van der Waals surface area (Å²) in [5.74, 6) is 0.0276. The Morgan fingerprint density at radius 3 is 2.56 bits per heavy atom. The van der Waals surface area contributed by atoms with Gasteiger partial charge in [0.25, 0.3) is 15.9 Å². The summed E-state index contributed by atoms with van der Waals surface area (Å²) < 4.78 is 40.2. The van der Waals surface area contributed by atoms with E-state index in [1.165, 1.54) is 19.9 Å². The Morgan fingerprint density at radius 2 is 1.93 bits per heavy atom. The molecule has 2 aromatic carbocycles. The number of aliphatic hydroxyl groups is 1. The Kier molecular flexibility index (Phi) is 9.55. The molecule has 41 heavy (non-hydrogen) atoms. The van der Waals surface area contributed by atoms with Crippen LogP contribution in [0.4, 0.5) is 5.69 Å². The van der Waals surface area contributed by atoms with Gasteiger partial charge in [0, 0.05) is 31.2 Å². The fourth-order valence-electron chi connectivity index (χ4n) is 4.89. The number of hydrogen-bond acceptors (Lipinski definition) is 8. The summed E-state index contributed by atoms with van der Waals surface area (Å²) in [4.78, 5) is 17.4. The molecule has 222 valence electrons. The Labute approximate surface area is 250 Å². The van der Waals surface area contributed by atoms with E-state index in [2.05, 4.69) is 14.8 Å². The largest absolute Gasteiger partial charge is 0.488 e. The zero-order valence-corrected chi connectivity index (χ0v) is 25.8. The molecule has 1 aliphatic heterocycles. The number of carbonyl (C=O) groups is 1. The quantitative estimate of drug-likeness (QED) is 0.349. The van der Waals surface area contributed by atoms with Crippen LogP contribution in [0.25, 0.3) is 0 Å². The van der Waals surface area contributed by atoms with Crippen molar-refractivity contribution in [1.29, 1.82) is 0 Å². The first kappa shape index (κ1) is 31.1. The zero-order chi connectivity index (χ0) is 30.1. The number of aliphatic hydroxyl groups excluding tert-OH is 1. The van der Waals surface area contributed by atoms with Crippen molar-refractivity contribution in [3.8, 4) is 5.75 Å². The summed E-state index contributed by atoms with van der Waals surface area (Å²) in [7, 11) is -2.07. The number of sulfonamides is 1. The van der Waals surface area contributed by atoms with E-state index in [9.17, 15) is 18.3 Å². The maximum Gasteiger partial charge on any atom is 0.267 e. The molecule has 0 saturated carbocycles. The molecule has 1 aromatic heterocycles. The van der Waals surface area contributed by atoms with Gasteiger partial charge in [0.2, 0.25) is 0 Å². The van der Waals surface area contributed by atoms with E-state index in [0.717, 1.165) is 5.56 Å². The van der Waals surface area contributed by atoms with Crippen molar-refractivity contribution in [2.24, 2.45) is 5.92 Å². The van der Waals surface area contributed by atoms with E-state index in [4.69, 9.17) is 32.5 Å². The Hall–Kier alpha value is -2.83. The molecular formula is C28H34Cl2N4O6S. The standard InChI is InChI=1S/C28H34Cl2N4O6S/c1-16-12-34(17(2)15-35)28(36)22-11-21(32-41(37,38)27-18(3)31-40-19(27)4)7-9-25(22)39-26(16)14-33(5)13-20-6-8-23(29)24(30)10-20/h6-11,16-17,26,32,35H,12-15H2,1-5H3/t16-,17+,26-/m1/s1. The van der Waals surface area contributed by atoms with Gasteiger partial charge in [-0.1, -0.05) is 41.3 Å².